The van der Waals surface area contributed by atoms with E-state index in [9.17, 15) is 4.79 Å². The van der Waals surface area contributed by atoms with Crippen LogP contribution in [0.15, 0.2) is 11.6 Å². The molecule has 0 spiro atoms. The SMILES string of the molecule is CC1(C)OCC(C=C2CCCC2)N1C(=O)C[N+]#N. The van der Waals surface area contributed by atoms with Gasteiger partial charge in [-0.3, -0.25) is 9.69 Å². The maximum Gasteiger partial charge on any atom is 0.382 e. The van der Waals surface area contributed by atoms with Crippen LogP contribution in [0.4, 0.5) is 0 Å². The maximum absolute atomic E-state index is 12.0. The van der Waals surface area contributed by atoms with Gasteiger partial charge in [0.1, 0.15) is 10.7 Å². The summed E-state index contributed by atoms with van der Waals surface area (Å²) in [7, 11) is 0. The Hall–Kier alpha value is -1.41. The monoisotopic (exact) mass is 250 g/mol. The van der Waals surface area contributed by atoms with Crippen LogP contribution in [0.5, 0.6) is 0 Å². The van der Waals surface area contributed by atoms with Gasteiger partial charge < -0.3 is 4.74 Å². The summed E-state index contributed by atoms with van der Waals surface area (Å²) in [5, 5.41) is 8.56. The number of carbonyl (C=O) groups excluding carboxylic acids is 1. The third-order valence-electron chi connectivity index (χ3n) is 3.67. The fraction of sp³-hybridized carbons (Fsp3) is 0.769. The lowest BCUT2D eigenvalue weighted by atomic mass is 10.1. The maximum atomic E-state index is 12.0. The van der Waals surface area contributed by atoms with Crippen LogP contribution in [0.25, 0.3) is 4.98 Å². The molecule has 1 aliphatic carbocycles. The number of ether oxygens (including phenoxy) is 1. The Morgan fingerprint density at radius 3 is 2.83 bits per heavy atom. The molecule has 0 aromatic heterocycles. The molecule has 0 radical (unpaired) electrons. The zero-order valence-electron chi connectivity index (χ0n) is 11.1. The van der Waals surface area contributed by atoms with E-state index in [4.69, 9.17) is 10.1 Å². The van der Waals surface area contributed by atoms with Gasteiger partial charge in [0, 0.05) is 0 Å². The second-order valence-electron chi connectivity index (χ2n) is 5.42. The van der Waals surface area contributed by atoms with E-state index in [1.807, 2.05) is 13.8 Å². The number of amides is 1. The van der Waals surface area contributed by atoms with Crippen molar-refractivity contribution in [1.29, 1.82) is 5.39 Å². The minimum atomic E-state index is -0.623. The van der Waals surface area contributed by atoms with Crippen LogP contribution in [0.3, 0.4) is 0 Å². The van der Waals surface area contributed by atoms with Crippen LogP contribution in [0.1, 0.15) is 39.5 Å². The van der Waals surface area contributed by atoms with Gasteiger partial charge in [-0.2, -0.15) is 0 Å². The third kappa shape index (κ3) is 2.54. The van der Waals surface area contributed by atoms with Gasteiger partial charge in [-0.05, 0) is 39.5 Å². The molecular formula is C13H20N3O2+. The highest BCUT2D eigenvalue weighted by Gasteiger charge is 2.44. The van der Waals surface area contributed by atoms with Gasteiger partial charge in [-0.15, -0.1) is 0 Å². The lowest BCUT2D eigenvalue weighted by Crippen LogP contribution is -2.48. The standard InChI is InChI=1S/C13H20N3O2/c1-13(2)16(12(17)8-15-14)11(9-18-13)7-10-5-3-4-6-10/h7,11H,3-6,8-9H2,1-2H3/q+1. The average Bonchev–Trinajstić information content (AvgIpc) is 2.88. The summed E-state index contributed by atoms with van der Waals surface area (Å²) in [6.45, 7) is 4.06. The van der Waals surface area contributed by atoms with E-state index >= 15 is 0 Å². The Balaban J connectivity index is 2.16. The Kier molecular flexibility index (Phi) is 3.67. The first-order valence-electron chi connectivity index (χ1n) is 6.51. The summed E-state index contributed by atoms with van der Waals surface area (Å²) < 4.78 is 5.68. The van der Waals surface area contributed by atoms with E-state index in [1.165, 1.54) is 18.4 Å². The van der Waals surface area contributed by atoms with E-state index in [0.29, 0.717) is 6.61 Å². The summed E-state index contributed by atoms with van der Waals surface area (Å²) in [6, 6.07) is -0.0256. The predicted octanol–water partition coefficient (Wildman–Crippen LogP) is 2.30. The van der Waals surface area contributed by atoms with Gasteiger partial charge in [0.05, 0.1) is 12.6 Å². The third-order valence-corrected chi connectivity index (χ3v) is 3.67. The molecule has 1 heterocycles. The van der Waals surface area contributed by atoms with Gasteiger partial charge in [0.2, 0.25) is 5.39 Å². The molecule has 1 saturated carbocycles. The van der Waals surface area contributed by atoms with E-state index < -0.39 is 5.72 Å². The van der Waals surface area contributed by atoms with Crippen LogP contribution in [0, 0.1) is 5.39 Å². The Labute approximate surface area is 107 Å². The number of hydrogen-bond donors (Lipinski definition) is 0. The first-order valence-corrected chi connectivity index (χ1v) is 6.51. The lowest BCUT2D eigenvalue weighted by molar-refractivity contribution is -0.143. The molecule has 0 aromatic rings. The van der Waals surface area contributed by atoms with Crippen molar-refractivity contribution in [2.45, 2.75) is 51.3 Å². The van der Waals surface area contributed by atoms with Gasteiger partial charge >= 0.3 is 12.5 Å². The summed E-state index contributed by atoms with van der Waals surface area (Å²) in [6.07, 6.45) is 6.90. The van der Waals surface area contributed by atoms with Crippen molar-refractivity contribution in [1.82, 2.24) is 4.90 Å². The topological polar surface area (TPSA) is 57.7 Å². The number of hydrogen-bond acceptors (Lipinski definition) is 3. The molecule has 18 heavy (non-hydrogen) atoms. The van der Waals surface area contributed by atoms with Gasteiger partial charge in [-0.1, -0.05) is 11.6 Å². The first-order chi connectivity index (χ1) is 8.54. The average molecular weight is 250 g/mol. The van der Waals surface area contributed by atoms with Gasteiger partial charge in [-0.25, -0.2) is 0 Å². The van der Waals surface area contributed by atoms with Crippen molar-refractivity contribution in [3.8, 4) is 0 Å². The zero-order chi connectivity index (χ0) is 13.2. The molecule has 1 saturated heterocycles. The smallest absolute Gasteiger partial charge is 0.354 e. The van der Waals surface area contributed by atoms with Gasteiger partial charge in [0.15, 0.2) is 0 Å². The quantitative estimate of drug-likeness (QED) is 0.558. The highest BCUT2D eigenvalue weighted by molar-refractivity contribution is 5.81. The molecule has 5 nitrogen and oxygen atoms in total. The molecule has 1 unspecified atom stereocenters. The van der Waals surface area contributed by atoms with Crippen LogP contribution in [0.2, 0.25) is 0 Å². The Morgan fingerprint density at radius 2 is 2.22 bits per heavy atom. The lowest BCUT2D eigenvalue weighted by Gasteiger charge is -2.31. The highest BCUT2D eigenvalue weighted by atomic mass is 16.5. The second-order valence-corrected chi connectivity index (χ2v) is 5.42. The van der Waals surface area contributed by atoms with E-state index in [0.717, 1.165) is 12.8 Å². The van der Waals surface area contributed by atoms with E-state index in [2.05, 4.69) is 11.1 Å². The fourth-order valence-electron chi connectivity index (χ4n) is 2.85. The van der Waals surface area contributed by atoms with Crippen LogP contribution >= 0.6 is 0 Å². The molecule has 0 N–H and O–H groups in total. The van der Waals surface area contributed by atoms with E-state index in [-0.39, 0.29) is 18.5 Å². The summed E-state index contributed by atoms with van der Waals surface area (Å²) in [4.78, 5) is 16.6. The molecular weight excluding hydrogens is 230 g/mol. The molecule has 2 rings (SSSR count). The minimum Gasteiger partial charge on any atom is -0.354 e. The predicted molar refractivity (Wildman–Crippen MR) is 67.2 cm³/mol. The minimum absolute atomic E-state index is 0.0256. The van der Waals surface area contributed by atoms with Crippen molar-refractivity contribution in [2.24, 2.45) is 0 Å². The van der Waals surface area contributed by atoms with Crippen molar-refractivity contribution < 1.29 is 9.53 Å². The molecule has 1 aliphatic heterocycles. The van der Waals surface area contributed by atoms with Crippen LogP contribution < -0.4 is 0 Å². The first kappa shape index (κ1) is 13.0. The fourth-order valence-corrected chi connectivity index (χ4v) is 2.85. The number of nitrogens with zero attached hydrogens (tertiary/aromatic N) is 3. The molecule has 0 bridgehead atoms. The van der Waals surface area contributed by atoms with Crippen molar-refractivity contribution in [2.75, 3.05) is 13.2 Å². The van der Waals surface area contributed by atoms with Crippen molar-refractivity contribution >= 4 is 5.91 Å². The van der Waals surface area contributed by atoms with Crippen molar-refractivity contribution in [3.63, 3.8) is 0 Å². The van der Waals surface area contributed by atoms with Crippen LogP contribution in [-0.2, 0) is 9.53 Å². The summed E-state index contributed by atoms with van der Waals surface area (Å²) in [5.74, 6) is -0.195. The highest BCUT2D eigenvalue weighted by Crippen LogP contribution is 2.31. The molecule has 2 fully saturated rings. The van der Waals surface area contributed by atoms with Crippen LogP contribution in [-0.4, -0.2) is 35.7 Å². The Morgan fingerprint density at radius 1 is 1.56 bits per heavy atom. The number of rotatable bonds is 2. The number of diazo groups is 1. The zero-order valence-corrected chi connectivity index (χ0v) is 11.1. The Bertz CT molecular complexity index is 401. The van der Waals surface area contributed by atoms with E-state index in [1.54, 1.807) is 4.90 Å². The second kappa shape index (κ2) is 5.07. The van der Waals surface area contributed by atoms with Crippen molar-refractivity contribution in [3.05, 3.63) is 16.6 Å². The molecule has 1 atom stereocenters. The number of allylic oxidation sites excluding steroid dienone is 1. The summed E-state index contributed by atoms with van der Waals surface area (Å²) >= 11 is 0. The summed E-state index contributed by atoms with van der Waals surface area (Å²) in [5.41, 5.74) is 0.794. The normalized spacial score (nSPS) is 26.2. The molecule has 5 heteroatoms. The molecule has 98 valence electrons. The molecule has 0 aromatic carbocycles. The molecule has 1 amide bonds. The number of carbonyl (C=O) groups is 1. The largest absolute Gasteiger partial charge is 0.382 e. The van der Waals surface area contributed by atoms with Gasteiger partial charge in [0.25, 0.3) is 0 Å². The molecule has 2 aliphatic rings.